The first-order valence-electron chi connectivity index (χ1n) is 6.80. The molecule has 1 aromatic carbocycles. The van der Waals surface area contributed by atoms with E-state index < -0.39 is 11.2 Å². The average Bonchev–Trinajstić information content (AvgIpc) is 2.57. The molecule has 0 bridgehead atoms. The molecule has 2 heterocycles. The van der Waals surface area contributed by atoms with Crippen molar-refractivity contribution in [2.24, 2.45) is 0 Å². The number of rotatable bonds is 1. The molecule has 1 aliphatic rings. The molecule has 2 aromatic rings. The molecule has 2 N–H and O–H groups in total. The van der Waals surface area contributed by atoms with Crippen molar-refractivity contribution in [3.8, 4) is 11.4 Å². The molecule has 0 saturated heterocycles. The topological polar surface area (TPSA) is 88.0 Å². The van der Waals surface area contributed by atoms with E-state index in [0.717, 1.165) is 4.73 Å². The highest BCUT2D eigenvalue weighted by Gasteiger charge is 2.50. The van der Waals surface area contributed by atoms with Crippen molar-refractivity contribution in [2.45, 2.75) is 38.9 Å². The monoisotopic (exact) mass is 286 g/mol. The minimum absolute atomic E-state index is 0.253. The van der Waals surface area contributed by atoms with Crippen LogP contribution in [0.2, 0.25) is 0 Å². The lowest BCUT2D eigenvalue weighted by Crippen LogP contribution is -2.42. The summed E-state index contributed by atoms with van der Waals surface area (Å²) in [7, 11) is 0. The second-order valence-electron chi connectivity index (χ2n) is 6.26. The number of nitrogen functional groups attached to an aromatic ring is 1. The number of aromatic nitrogens is 3. The van der Waals surface area contributed by atoms with Crippen LogP contribution in [-0.4, -0.2) is 10.2 Å². The average molecular weight is 286 g/mol. The Labute approximate surface area is 123 Å². The van der Waals surface area contributed by atoms with Gasteiger partial charge in [-0.2, -0.15) is 0 Å². The van der Waals surface area contributed by atoms with Crippen LogP contribution in [0.4, 0.5) is 5.69 Å². The molecule has 1 aliphatic heterocycles. The molecule has 21 heavy (non-hydrogen) atoms. The van der Waals surface area contributed by atoms with Gasteiger partial charge in [-0.05, 0) is 57.1 Å². The molecule has 110 valence electrons. The molecule has 0 fully saturated rings. The van der Waals surface area contributed by atoms with Crippen molar-refractivity contribution in [3.63, 3.8) is 0 Å². The van der Waals surface area contributed by atoms with Crippen molar-refractivity contribution in [1.82, 2.24) is 10.2 Å². The zero-order chi connectivity index (χ0) is 15.4. The SMILES string of the molecule is CC1(C)OC(C)(C)c2c1nnc(-c1ccc(N)cc1)[n+]2[O-]. The molecule has 1 aromatic heterocycles. The van der Waals surface area contributed by atoms with Crippen LogP contribution in [0.5, 0.6) is 0 Å². The van der Waals surface area contributed by atoms with Crippen LogP contribution < -0.4 is 10.5 Å². The third kappa shape index (κ3) is 2.03. The van der Waals surface area contributed by atoms with Crippen LogP contribution in [0.15, 0.2) is 24.3 Å². The standard InChI is InChI=1S/C15H18N4O2/c1-14(2)11-12(15(3,4)21-14)19(20)13(18-17-11)9-5-7-10(16)8-6-9/h5-8H,16H2,1-4H3. The Bertz CT molecular complexity index is 708. The Balaban J connectivity index is 2.22. The van der Waals surface area contributed by atoms with Crippen molar-refractivity contribution < 1.29 is 9.47 Å². The zero-order valence-corrected chi connectivity index (χ0v) is 12.5. The van der Waals surface area contributed by atoms with Gasteiger partial charge in [0.25, 0.3) is 0 Å². The number of hydrogen-bond donors (Lipinski definition) is 1. The van der Waals surface area contributed by atoms with E-state index in [-0.39, 0.29) is 5.82 Å². The lowest BCUT2D eigenvalue weighted by Gasteiger charge is -2.23. The van der Waals surface area contributed by atoms with Gasteiger partial charge >= 0.3 is 5.82 Å². The number of fused-ring (bicyclic) bond motifs is 1. The van der Waals surface area contributed by atoms with Gasteiger partial charge in [0.15, 0.2) is 11.4 Å². The molecule has 6 heteroatoms. The smallest absolute Gasteiger partial charge is 0.361 e. The Hall–Kier alpha value is -2.21. The van der Waals surface area contributed by atoms with Gasteiger partial charge in [-0.25, -0.2) is 4.73 Å². The first kappa shape index (κ1) is 13.8. The Morgan fingerprint density at radius 1 is 1.05 bits per heavy atom. The first-order valence-corrected chi connectivity index (χ1v) is 6.80. The second-order valence-corrected chi connectivity index (χ2v) is 6.26. The number of benzene rings is 1. The van der Waals surface area contributed by atoms with Gasteiger partial charge in [0.2, 0.25) is 0 Å². The summed E-state index contributed by atoms with van der Waals surface area (Å²) < 4.78 is 6.78. The third-order valence-electron chi connectivity index (χ3n) is 3.68. The van der Waals surface area contributed by atoms with Crippen molar-refractivity contribution in [2.75, 3.05) is 5.73 Å². The summed E-state index contributed by atoms with van der Waals surface area (Å²) in [6, 6.07) is 6.98. The fraction of sp³-hybridized carbons (Fsp3) is 0.400. The van der Waals surface area contributed by atoms with E-state index in [4.69, 9.17) is 10.5 Å². The van der Waals surface area contributed by atoms with Gasteiger partial charge in [-0.3, -0.25) is 0 Å². The van der Waals surface area contributed by atoms with E-state index in [0.29, 0.717) is 22.6 Å². The minimum atomic E-state index is -0.709. The quantitative estimate of drug-likeness (QED) is 0.491. The Morgan fingerprint density at radius 2 is 1.67 bits per heavy atom. The van der Waals surface area contributed by atoms with Crippen molar-refractivity contribution in [3.05, 3.63) is 40.9 Å². The highest BCUT2D eigenvalue weighted by molar-refractivity contribution is 5.56. The molecule has 0 radical (unpaired) electrons. The van der Waals surface area contributed by atoms with E-state index >= 15 is 0 Å². The summed E-state index contributed by atoms with van der Waals surface area (Å²) in [5.41, 5.74) is 6.74. The fourth-order valence-electron chi connectivity index (χ4n) is 2.86. The third-order valence-corrected chi connectivity index (χ3v) is 3.68. The summed E-state index contributed by atoms with van der Waals surface area (Å²) >= 11 is 0. The lowest BCUT2D eigenvalue weighted by atomic mass is 10.0. The summed E-state index contributed by atoms with van der Waals surface area (Å²) in [6.45, 7) is 7.50. The summed E-state index contributed by atoms with van der Waals surface area (Å²) in [6.07, 6.45) is 0. The number of nitrogens with two attached hydrogens (primary N) is 1. The number of nitrogens with zero attached hydrogens (tertiary/aromatic N) is 3. The van der Waals surface area contributed by atoms with Gasteiger partial charge < -0.3 is 15.7 Å². The van der Waals surface area contributed by atoms with Crippen LogP contribution in [0, 0.1) is 5.21 Å². The van der Waals surface area contributed by atoms with Gasteiger partial charge in [0.05, 0.1) is 10.7 Å². The van der Waals surface area contributed by atoms with Crippen molar-refractivity contribution >= 4 is 5.69 Å². The normalized spacial score (nSPS) is 18.5. The van der Waals surface area contributed by atoms with E-state index in [2.05, 4.69) is 10.2 Å². The van der Waals surface area contributed by atoms with E-state index in [1.54, 1.807) is 24.3 Å². The van der Waals surface area contributed by atoms with Crippen LogP contribution >= 0.6 is 0 Å². The highest BCUT2D eigenvalue weighted by atomic mass is 16.5. The molecule has 6 nitrogen and oxygen atoms in total. The summed E-state index contributed by atoms with van der Waals surface area (Å²) in [5, 5.41) is 21.1. The second kappa shape index (κ2) is 4.14. The van der Waals surface area contributed by atoms with Crippen LogP contribution in [0.1, 0.15) is 39.1 Å². The molecular formula is C15H18N4O2. The zero-order valence-electron chi connectivity index (χ0n) is 12.5. The molecule has 0 spiro atoms. The molecule has 0 unspecified atom stereocenters. The predicted octanol–water partition coefficient (Wildman–Crippen LogP) is 1.86. The van der Waals surface area contributed by atoms with Gasteiger partial charge in [0, 0.05) is 5.69 Å². The maximum atomic E-state index is 12.8. The maximum Gasteiger partial charge on any atom is 0.361 e. The number of ether oxygens (including phenoxy) is 1. The molecule has 0 saturated carbocycles. The highest BCUT2D eigenvalue weighted by Crippen LogP contribution is 2.43. The van der Waals surface area contributed by atoms with Crippen molar-refractivity contribution in [1.29, 1.82) is 0 Å². The van der Waals surface area contributed by atoms with Crippen LogP contribution in [0.3, 0.4) is 0 Å². The lowest BCUT2D eigenvalue weighted by molar-refractivity contribution is -0.612. The molecule has 0 aliphatic carbocycles. The van der Waals surface area contributed by atoms with E-state index in [1.165, 1.54) is 0 Å². The molecule has 3 rings (SSSR count). The first-order chi connectivity index (χ1) is 9.72. The molecular weight excluding hydrogens is 268 g/mol. The largest absolute Gasteiger partial charge is 0.710 e. The Kier molecular flexibility index (Phi) is 2.71. The van der Waals surface area contributed by atoms with E-state index in [9.17, 15) is 5.21 Å². The number of anilines is 1. The van der Waals surface area contributed by atoms with Crippen LogP contribution in [-0.2, 0) is 15.9 Å². The van der Waals surface area contributed by atoms with E-state index in [1.807, 2.05) is 27.7 Å². The summed E-state index contributed by atoms with van der Waals surface area (Å²) in [5.74, 6) is 0.253. The van der Waals surface area contributed by atoms with Gasteiger partial charge in [-0.1, -0.05) is 0 Å². The van der Waals surface area contributed by atoms with Gasteiger partial charge in [-0.15, -0.1) is 0 Å². The summed E-state index contributed by atoms with van der Waals surface area (Å²) in [4.78, 5) is 0. The maximum absolute atomic E-state index is 12.8. The predicted molar refractivity (Wildman–Crippen MR) is 78.0 cm³/mol. The number of hydrogen-bond acceptors (Lipinski definition) is 5. The fourth-order valence-corrected chi connectivity index (χ4v) is 2.86. The van der Waals surface area contributed by atoms with Crippen LogP contribution in [0.25, 0.3) is 11.4 Å². The van der Waals surface area contributed by atoms with Gasteiger partial charge in [0.1, 0.15) is 11.2 Å². The minimum Gasteiger partial charge on any atom is -0.710 e. The molecule has 0 amide bonds. The molecule has 0 atom stereocenters. The Morgan fingerprint density at radius 3 is 2.29 bits per heavy atom.